The molecule has 236 valence electrons. The zero-order valence-corrected chi connectivity index (χ0v) is 20.1. The molecule has 0 unspecified atom stereocenters. The predicted molar refractivity (Wildman–Crippen MR) is 103 cm³/mol. The molecule has 0 saturated carbocycles. The molecule has 0 amide bonds. The molecule has 0 aromatic carbocycles. The average molecular weight is 618 g/mol. The highest BCUT2D eigenvalue weighted by atomic mass is 19.4. The summed E-state index contributed by atoms with van der Waals surface area (Å²) in [6.45, 7) is 0.0499. The summed E-state index contributed by atoms with van der Waals surface area (Å²) in [5, 5.41) is 8.62. The molecule has 0 heterocycles. The van der Waals surface area contributed by atoms with E-state index in [2.05, 4.69) is 0 Å². The van der Waals surface area contributed by atoms with Gasteiger partial charge in [0.25, 0.3) is 0 Å². The number of alkyl halides is 17. The molecule has 0 aromatic heterocycles. The molecule has 18 heteroatoms. The van der Waals surface area contributed by atoms with Crippen molar-refractivity contribution in [1.82, 2.24) is 0 Å². The van der Waals surface area contributed by atoms with Gasteiger partial charge in [-0.15, -0.1) is 0 Å². The maximum Gasteiger partial charge on any atom is 0.460 e. The van der Waals surface area contributed by atoms with Crippen LogP contribution in [0.5, 0.6) is 0 Å². The number of rotatable bonds is 19. The fourth-order valence-electron chi connectivity index (χ4n) is 3.40. The molecule has 0 aliphatic carbocycles. The van der Waals surface area contributed by atoms with Gasteiger partial charge >= 0.3 is 47.6 Å². The quantitative estimate of drug-likeness (QED) is 0.113. The van der Waals surface area contributed by atoms with Crippen molar-refractivity contribution in [3.8, 4) is 0 Å². The highest BCUT2D eigenvalue weighted by Gasteiger charge is 2.95. The molecule has 39 heavy (non-hydrogen) atoms. The van der Waals surface area contributed by atoms with Gasteiger partial charge in [-0.25, -0.2) is 0 Å². The Morgan fingerprint density at radius 2 is 0.564 bits per heavy atom. The van der Waals surface area contributed by atoms with Crippen molar-refractivity contribution in [2.24, 2.45) is 0 Å². The van der Waals surface area contributed by atoms with Crippen molar-refractivity contribution in [3.63, 3.8) is 0 Å². The molecule has 0 rings (SSSR count). The van der Waals surface area contributed by atoms with E-state index in [0.717, 1.165) is 25.7 Å². The maximum absolute atomic E-state index is 13.8. The van der Waals surface area contributed by atoms with E-state index in [1.165, 1.54) is 0 Å². The zero-order chi connectivity index (χ0) is 31.2. The van der Waals surface area contributed by atoms with Crippen molar-refractivity contribution >= 4 is 0 Å². The lowest BCUT2D eigenvalue weighted by molar-refractivity contribution is -0.461. The van der Waals surface area contributed by atoms with Crippen molar-refractivity contribution in [3.05, 3.63) is 0 Å². The minimum absolute atomic E-state index is 0.0499. The summed E-state index contributed by atoms with van der Waals surface area (Å²) in [5.74, 6) is -55.8. The van der Waals surface area contributed by atoms with Crippen molar-refractivity contribution in [2.75, 3.05) is 6.61 Å². The van der Waals surface area contributed by atoms with Crippen molar-refractivity contribution in [2.45, 2.75) is 125 Å². The summed E-state index contributed by atoms with van der Waals surface area (Å²) in [6, 6.07) is 0. The van der Waals surface area contributed by atoms with Crippen molar-refractivity contribution < 1.29 is 79.7 Å². The molecular weight excluding hydrogens is 591 g/mol. The van der Waals surface area contributed by atoms with Gasteiger partial charge in [-0.2, -0.15) is 74.6 Å². The van der Waals surface area contributed by atoms with Crippen LogP contribution < -0.4 is 0 Å². The number of unbranched alkanes of at least 4 members (excludes halogenated alkanes) is 10. The summed E-state index contributed by atoms with van der Waals surface area (Å²) in [5.41, 5.74) is 0. The molecular formula is C21H27F17O. The molecule has 0 aliphatic heterocycles. The van der Waals surface area contributed by atoms with Gasteiger partial charge in [0.2, 0.25) is 0 Å². The van der Waals surface area contributed by atoms with Crippen LogP contribution in [0, 0.1) is 0 Å². The molecule has 0 spiro atoms. The Morgan fingerprint density at radius 3 is 0.872 bits per heavy atom. The third-order valence-electron chi connectivity index (χ3n) is 5.94. The summed E-state index contributed by atoms with van der Waals surface area (Å²) in [6.07, 6.45) is -5.99. The van der Waals surface area contributed by atoms with E-state index >= 15 is 0 Å². The highest BCUT2D eigenvalue weighted by Crippen LogP contribution is 2.64. The van der Waals surface area contributed by atoms with Gasteiger partial charge in [0.05, 0.1) is 0 Å². The Kier molecular flexibility index (Phi) is 12.8. The minimum atomic E-state index is -8.58. The second-order valence-electron chi connectivity index (χ2n) is 9.01. The van der Waals surface area contributed by atoms with E-state index in [9.17, 15) is 74.6 Å². The van der Waals surface area contributed by atoms with E-state index in [-0.39, 0.29) is 19.4 Å². The Labute approximate surface area is 212 Å². The van der Waals surface area contributed by atoms with E-state index in [0.29, 0.717) is 25.7 Å². The van der Waals surface area contributed by atoms with E-state index in [1.807, 2.05) is 0 Å². The third-order valence-corrected chi connectivity index (χ3v) is 5.94. The van der Waals surface area contributed by atoms with Crippen LogP contribution in [0.1, 0.15) is 77.0 Å². The third kappa shape index (κ3) is 7.54. The number of hydrogen-bond donors (Lipinski definition) is 1. The largest absolute Gasteiger partial charge is 0.460 e. The van der Waals surface area contributed by atoms with Gasteiger partial charge in [0.1, 0.15) is 0 Å². The number of aliphatic hydroxyl groups excluding tert-OH is 1. The normalized spacial score (nSPS) is 15.2. The van der Waals surface area contributed by atoms with Crippen molar-refractivity contribution in [1.29, 1.82) is 0 Å². The second kappa shape index (κ2) is 13.2. The fraction of sp³-hybridized carbons (Fsp3) is 1.00. The van der Waals surface area contributed by atoms with Crippen LogP contribution in [0.25, 0.3) is 0 Å². The number of aliphatic hydroxyl groups is 1. The zero-order valence-electron chi connectivity index (χ0n) is 20.1. The topological polar surface area (TPSA) is 20.2 Å². The van der Waals surface area contributed by atoms with Crippen LogP contribution in [0.2, 0.25) is 0 Å². The molecule has 0 aliphatic rings. The Balaban J connectivity index is 5.34. The van der Waals surface area contributed by atoms with E-state index in [1.54, 1.807) is 0 Å². The van der Waals surface area contributed by atoms with Crippen LogP contribution in [0.3, 0.4) is 0 Å². The number of hydrogen-bond acceptors (Lipinski definition) is 1. The molecule has 0 bridgehead atoms. The molecule has 0 atom stereocenters. The lowest BCUT2D eigenvalue weighted by atomic mass is 9.87. The lowest BCUT2D eigenvalue weighted by Crippen LogP contribution is -2.74. The van der Waals surface area contributed by atoms with Crippen LogP contribution in [-0.2, 0) is 0 Å². The fourth-order valence-corrected chi connectivity index (χ4v) is 3.40. The van der Waals surface area contributed by atoms with E-state index < -0.39 is 60.5 Å². The number of halogens is 17. The summed E-state index contributed by atoms with van der Waals surface area (Å²) in [4.78, 5) is 0. The van der Waals surface area contributed by atoms with Gasteiger partial charge in [-0.3, -0.25) is 0 Å². The molecule has 1 N–H and O–H groups in total. The van der Waals surface area contributed by atoms with Crippen LogP contribution >= 0.6 is 0 Å². The second-order valence-corrected chi connectivity index (χ2v) is 9.01. The predicted octanol–water partition coefficient (Wildman–Crippen LogP) is 9.67. The van der Waals surface area contributed by atoms with Gasteiger partial charge < -0.3 is 5.11 Å². The van der Waals surface area contributed by atoms with Crippen LogP contribution in [0.15, 0.2) is 0 Å². The molecule has 0 radical (unpaired) electrons. The maximum atomic E-state index is 13.8. The van der Waals surface area contributed by atoms with Crippen LogP contribution in [0.4, 0.5) is 74.6 Å². The summed E-state index contributed by atoms with van der Waals surface area (Å²) in [7, 11) is 0. The minimum Gasteiger partial charge on any atom is -0.396 e. The average Bonchev–Trinajstić information content (AvgIpc) is 2.78. The first-order chi connectivity index (χ1) is 17.3. The molecule has 0 fully saturated rings. The monoisotopic (exact) mass is 618 g/mol. The van der Waals surface area contributed by atoms with Gasteiger partial charge in [0, 0.05) is 13.0 Å². The molecule has 1 nitrogen and oxygen atoms in total. The van der Waals surface area contributed by atoms with Gasteiger partial charge in [-0.1, -0.05) is 57.8 Å². The first kappa shape index (κ1) is 37.8. The first-order valence-electron chi connectivity index (χ1n) is 11.6. The Bertz CT molecular complexity index is 730. The first-order valence-corrected chi connectivity index (χ1v) is 11.6. The lowest BCUT2D eigenvalue weighted by Gasteiger charge is -2.42. The van der Waals surface area contributed by atoms with E-state index in [4.69, 9.17) is 5.11 Å². The standard InChI is InChI=1S/C21H27F17O/c22-14(23,12-10-8-6-4-2-1-3-5-7-9-11-13-39)15(24,25)16(26,27)17(28,29)18(30,31)19(32,33)20(34,35)21(36,37)38/h39H,1-13H2. The summed E-state index contributed by atoms with van der Waals surface area (Å²) < 4.78 is 225. The Hall–Kier alpha value is -1.23. The van der Waals surface area contributed by atoms with Crippen LogP contribution in [-0.4, -0.2) is 59.3 Å². The summed E-state index contributed by atoms with van der Waals surface area (Å²) >= 11 is 0. The Morgan fingerprint density at radius 1 is 0.308 bits per heavy atom. The van der Waals surface area contributed by atoms with Gasteiger partial charge in [-0.05, 0) is 12.8 Å². The SMILES string of the molecule is OCCCCCCCCCCCCCC(F)(F)C(F)(F)C(F)(F)C(F)(F)C(F)(F)C(F)(F)C(F)(F)C(F)(F)F. The van der Waals surface area contributed by atoms with Gasteiger partial charge in [0.15, 0.2) is 0 Å². The molecule has 0 saturated heterocycles. The highest BCUT2D eigenvalue weighted by molar-refractivity contribution is 5.15. The smallest absolute Gasteiger partial charge is 0.396 e. The molecule has 0 aromatic rings.